The van der Waals surface area contributed by atoms with Crippen molar-refractivity contribution in [2.75, 3.05) is 13.2 Å². The number of esters is 1. The van der Waals surface area contributed by atoms with Crippen molar-refractivity contribution in [1.29, 1.82) is 0 Å². The average molecular weight is 304 g/mol. The summed E-state index contributed by atoms with van der Waals surface area (Å²) in [5.41, 5.74) is 0. The zero-order chi connectivity index (χ0) is 15.6. The number of carbonyl (C=O) groups is 1. The van der Waals surface area contributed by atoms with Gasteiger partial charge in [-0.3, -0.25) is 0 Å². The first-order chi connectivity index (χ1) is 9.40. The summed E-state index contributed by atoms with van der Waals surface area (Å²) >= 11 is 0. The van der Waals surface area contributed by atoms with Crippen molar-refractivity contribution in [2.24, 2.45) is 0 Å². The van der Waals surface area contributed by atoms with Crippen LogP contribution in [0.2, 0.25) is 6.04 Å². The summed E-state index contributed by atoms with van der Waals surface area (Å²) in [6.45, 7) is 13.9. The fraction of sp³-hybridized carbons (Fsp3) is 0.786. The van der Waals surface area contributed by atoms with Crippen LogP contribution in [-0.2, 0) is 22.8 Å². The van der Waals surface area contributed by atoms with Gasteiger partial charge in [0.25, 0.3) is 0 Å². The zero-order valence-electron chi connectivity index (χ0n) is 13.4. The van der Waals surface area contributed by atoms with Gasteiger partial charge >= 0.3 is 14.8 Å². The molecule has 0 radical (unpaired) electrons. The first-order valence-electron chi connectivity index (χ1n) is 7.24. The molecule has 0 aliphatic carbocycles. The van der Waals surface area contributed by atoms with Crippen molar-refractivity contribution >= 4 is 14.8 Å². The quantitative estimate of drug-likeness (QED) is 0.254. The minimum Gasteiger partial charge on any atom is -0.431 e. The summed E-state index contributed by atoms with van der Waals surface area (Å²) in [6, 6.07) is 0.625. The van der Waals surface area contributed by atoms with Gasteiger partial charge in [0.1, 0.15) is 0 Å². The molecule has 118 valence electrons. The van der Waals surface area contributed by atoms with Gasteiger partial charge < -0.3 is 18.0 Å². The van der Waals surface area contributed by atoms with E-state index in [0.717, 1.165) is 12.5 Å². The van der Waals surface area contributed by atoms with Crippen LogP contribution in [0.5, 0.6) is 0 Å². The average Bonchev–Trinajstić information content (AvgIpc) is 2.39. The first kappa shape index (κ1) is 19.3. The lowest BCUT2D eigenvalue weighted by Gasteiger charge is -2.37. The van der Waals surface area contributed by atoms with Crippen molar-refractivity contribution in [3.63, 3.8) is 0 Å². The van der Waals surface area contributed by atoms with Crippen LogP contribution in [0.25, 0.3) is 0 Å². The van der Waals surface area contributed by atoms with Gasteiger partial charge in [0.05, 0.1) is 0 Å². The third-order valence-electron chi connectivity index (χ3n) is 2.72. The van der Waals surface area contributed by atoms with E-state index in [-0.39, 0.29) is 0 Å². The summed E-state index contributed by atoms with van der Waals surface area (Å²) in [6.07, 6.45) is 2.52. The Balaban J connectivity index is 5.14. The van der Waals surface area contributed by atoms with Crippen molar-refractivity contribution < 1.29 is 22.8 Å². The lowest BCUT2D eigenvalue weighted by molar-refractivity contribution is -0.204. The van der Waals surface area contributed by atoms with Crippen LogP contribution < -0.4 is 0 Å². The lowest BCUT2D eigenvalue weighted by atomic mass is 10.2. The van der Waals surface area contributed by atoms with Crippen LogP contribution in [0.3, 0.4) is 0 Å². The Morgan fingerprint density at radius 3 is 2.10 bits per heavy atom. The highest BCUT2D eigenvalue weighted by atomic mass is 28.4. The van der Waals surface area contributed by atoms with Gasteiger partial charge in [-0.1, -0.05) is 20.4 Å². The molecule has 5 nitrogen and oxygen atoms in total. The molecule has 1 atom stereocenters. The van der Waals surface area contributed by atoms with Crippen LogP contribution in [0.1, 0.15) is 47.5 Å². The largest absolute Gasteiger partial charge is 0.503 e. The van der Waals surface area contributed by atoms with E-state index in [1.54, 1.807) is 6.92 Å². The molecule has 1 unspecified atom stereocenters. The Morgan fingerprint density at radius 1 is 1.20 bits per heavy atom. The molecule has 20 heavy (non-hydrogen) atoms. The van der Waals surface area contributed by atoms with Gasteiger partial charge in [-0.2, -0.15) is 0 Å². The van der Waals surface area contributed by atoms with Gasteiger partial charge in [0.2, 0.25) is 5.79 Å². The molecule has 0 aromatic heterocycles. The number of ether oxygens (including phenoxy) is 1. The van der Waals surface area contributed by atoms with Gasteiger partial charge in [0, 0.05) is 38.7 Å². The minimum atomic E-state index is -2.83. The summed E-state index contributed by atoms with van der Waals surface area (Å²) in [7, 11) is -2.83. The van der Waals surface area contributed by atoms with Crippen molar-refractivity contribution in [3.05, 3.63) is 12.7 Å². The number of carbonyl (C=O) groups excluding carboxylic acids is 1. The molecule has 0 fully saturated rings. The lowest BCUT2D eigenvalue weighted by Crippen LogP contribution is -2.53. The maximum Gasteiger partial charge on any atom is 0.503 e. The van der Waals surface area contributed by atoms with E-state index in [9.17, 15) is 4.79 Å². The number of rotatable bonds is 11. The van der Waals surface area contributed by atoms with Crippen LogP contribution in [0.15, 0.2) is 12.7 Å². The summed E-state index contributed by atoms with van der Waals surface area (Å²) in [5.74, 6) is -1.56. The summed E-state index contributed by atoms with van der Waals surface area (Å²) in [4.78, 5) is 11.5. The molecule has 0 bridgehead atoms. The molecule has 0 heterocycles. The van der Waals surface area contributed by atoms with Crippen LogP contribution in [0.4, 0.5) is 0 Å². The Bertz CT molecular complexity index is 302. The van der Waals surface area contributed by atoms with E-state index in [0.29, 0.717) is 25.7 Å². The predicted octanol–water partition coefficient (Wildman–Crippen LogP) is 3.28. The van der Waals surface area contributed by atoms with Crippen molar-refractivity contribution in [2.45, 2.75) is 59.3 Å². The molecule has 0 aliphatic heterocycles. The molecule has 0 saturated carbocycles. The second-order valence-electron chi connectivity index (χ2n) is 4.51. The van der Waals surface area contributed by atoms with Gasteiger partial charge in [-0.25, -0.2) is 4.79 Å². The molecule has 0 spiro atoms. The van der Waals surface area contributed by atoms with E-state index in [2.05, 4.69) is 6.58 Å². The Morgan fingerprint density at radius 2 is 1.75 bits per heavy atom. The minimum absolute atomic E-state index is 0.498. The summed E-state index contributed by atoms with van der Waals surface area (Å²) in [5, 5.41) is 0. The standard InChI is InChI=1S/C14H28O5Si/c1-7-12-14(6,18-13(15)8-2)19-20(11-5,16-9-3)17-10-4/h8H,2,7,9-12H2,1,3-6H3. The molecular formula is C14H28O5Si. The highest BCUT2D eigenvalue weighted by molar-refractivity contribution is 6.60. The first-order valence-corrected chi connectivity index (χ1v) is 9.17. The van der Waals surface area contributed by atoms with Gasteiger partial charge in [-0.15, -0.1) is 0 Å². The second kappa shape index (κ2) is 9.28. The van der Waals surface area contributed by atoms with E-state index in [4.69, 9.17) is 18.0 Å². The van der Waals surface area contributed by atoms with Crippen LogP contribution >= 0.6 is 0 Å². The highest BCUT2D eigenvalue weighted by Crippen LogP contribution is 2.28. The third kappa shape index (κ3) is 6.17. The molecule has 6 heteroatoms. The SMILES string of the molecule is C=CC(=O)OC(C)(CCC)O[Si](CC)(OCC)OCC. The second-order valence-corrected chi connectivity index (χ2v) is 7.37. The fourth-order valence-electron chi connectivity index (χ4n) is 1.98. The Labute approximate surface area is 123 Å². The molecule has 0 N–H and O–H groups in total. The normalized spacial score (nSPS) is 14.7. The molecule has 0 aromatic rings. The third-order valence-corrected chi connectivity index (χ3v) is 5.79. The topological polar surface area (TPSA) is 54.0 Å². The highest BCUT2D eigenvalue weighted by Gasteiger charge is 2.46. The van der Waals surface area contributed by atoms with Gasteiger partial charge in [-0.05, 0) is 20.3 Å². The number of hydrogen-bond acceptors (Lipinski definition) is 5. The van der Waals surface area contributed by atoms with E-state index >= 15 is 0 Å². The smallest absolute Gasteiger partial charge is 0.431 e. The molecule has 0 amide bonds. The van der Waals surface area contributed by atoms with Crippen LogP contribution in [0, 0.1) is 0 Å². The molecule has 0 rings (SSSR count). The Kier molecular flexibility index (Phi) is 8.96. The maximum absolute atomic E-state index is 11.5. The van der Waals surface area contributed by atoms with E-state index < -0.39 is 20.6 Å². The Hall–Kier alpha value is -0.693. The summed E-state index contributed by atoms with van der Waals surface area (Å²) < 4.78 is 23.0. The molecule has 0 aromatic carbocycles. The van der Waals surface area contributed by atoms with E-state index in [1.165, 1.54) is 0 Å². The maximum atomic E-state index is 11.5. The monoisotopic (exact) mass is 304 g/mol. The van der Waals surface area contributed by atoms with Crippen molar-refractivity contribution in [1.82, 2.24) is 0 Å². The zero-order valence-corrected chi connectivity index (χ0v) is 14.4. The van der Waals surface area contributed by atoms with Gasteiger partial charge in [0.15, 0.2) is 0 Å². The molecule has 0 aliphatic rings. The van der Waals surface area contributed by atoms with Crippen molar-refractivity contribution in [3.8, 4) is 0 Å². The molecule has 0 saturated heterocycles. The molecular weight excluding hydrogens is 276 g/mol. The fourth-order valence-corrected chi connectivity index (χ4v) is 4.41. The predicted molar refractivity (Wildman–Crippen MR) is 80.2 cm³/mol. The number of hydrogen-bond donors (Lipinski definition) is 0. The van der Waals surface area contributed by atoms with E-state index in [1.807, 2.05) is 27.7 Å². The van der Waals surface area contributed by atoms with Crippen LogP contribution in [-0.4, -0.2) is 33.8 Å².